The fourth-order valence-electron chi connectivity index (χ4n) is 4.28. The third-order valence-corrected chi connectivity index (χ3v) is 6.34. The van der Waals surface area contributed by atoms with Gasteiger partial charge in [-0.1, -0.05) is 34.6 Å². The minimum atomic E-state index is 0.372. The molecule has 0 aromatic heterocycles. The van der Waals surface area contributed by atoms with Gasteiger partial charge in [-0.05, 0) is 43.9 Å². The third-order valence-electron chi connectivity index (χ3n) is 6.34. The third kappa shape index (κ3) is 2.85. The molecule has 0 spiro atoms. The smallest absolute Gasteiger partial charge is 0.0304 e. The molecule has 1 heterocycles. The molecule has 1 saturated carbocycles. The molecule has 0 bridgehead atoms. The number of nitrogens with one attached hydrogen (secondary N) is 1. The first kappa shape index (κ1) is 15.3. The maximum atomic E-state index is 3.87. The van der Waals surface area contributed by atoms with Gasteiger partial charge in [-0.3, -0.25) is 4.90 Å². The zero-order chi connectivity index (χ0) is 14.0. The lowest BCUT2D eigenvalue weighted by Crippen LogP contribution is -2.66. The molecular formula is C17H34N2. The summed E-state index contributed by atoms with van der Waals surface area (Å²) < 4.78 is 0. The Morgan fingerprint density at radius 2 is 1.79 bits per heavy atom. The quantitative estimate of drug-likeness (QED) is 0.835. The molecule has 0 aromatic carbocycles. The molecule has 0 aromatic rings. The molecule has 2 heteroatoms. The van der Waals surface area contributed by atoms with Crippen LogP contribution in [0.3, 0.4) is 0 Å². The monoisotopic (exact) mass is 266 g/mol. The minimum absolute atomic E-state index is 0.372. The van der Waals surface area contributed by atoms with Gasteiger partial charge in [-0.25, -0.2) is 0 Å². The van der Waals surface area contributed by atoms with Gasteiger partial charge >= 0.3 is 0 Å². The maximum absolute atomic E-state index is 3.87. The van der Waals surface area contributed by atoms with E-state index < -0.39 is 0 Å². The number of rotatable bonds is 4. The van der Waals surface area contributed by atoms with Gasteiger partial charge in [0.15, 0.2) is 0 Å². The van der Waals surface area contributed by atoms with Crippen LogP contribution in [-0.4, -0.2) is 35.6 Å². The molecule has 4 unspecified atom stereocenters. The molecule has 0 amide bonds. The van der Waals surface area contributed by atoms with Crippen LogP contribution in [0.4, 0.5) is 0 Å². The van der Waals surface area contributed by atoms with Crippen LogP contribution in [-0.2, 0) is 0 Å². The van der Waals surface area contributed by atoms with Gasteiger partial charge in [-0.2, -0.15) is 0 Å². The summed E-state index contributed by atoms with van der Waals surface area (Å²) in [7, 11) is 0. The summed E-state index contributed by atoms with van der Waals surface area (Å²) in [6.07, 6.45) is 6.65. The lowest BCUT2D eigenvalue weighted by molar-refractivity contribution is 0.0207. The van der Waals surface area contributed by atoms with Crippen molar-refractivity contribution in [3.63, 3.8) is 0 Å². The van der Waals surface area contributed by atoms with Crippen molar-refractivity contribution in [2.24, 2.45) is 11.8 Å². The second-order valence-corrected chi connectivity index (χ2v) is 7.08. The highest BCUT2D eigenvalue weighted by molar-refractivity contribution is 5.00. The fourth-order valence-corrected chi connectivity index (χ4v) is 4.28. The second kappa shape index (κ2) is 6.13. The normalized spacial score (nSPS) is 39.6. The van der Waals surface area contributed by atoms with Crippen molar-refractivity contribution in [2.75, 3.05) is 13.1 Å². The van der Waals surface area contributed by atoms with Crippen LogP contribution >= 0.6 is 0 Å². The zero-order valence-corrected chi connectivity index (χ0v) is 13.7. The van der Waals surface area contributed by atoms with E-state index in [1.165, 1.54) is 45.2 Å². The molecule has 2 aliphatic rings. The maximum Gasteiger partial charge on any atom is 0.0304 e. The van der Waals surface area contributed by atoms with Crippen molar-refractivity contribution < 1.29 is 0 Å². The van der Waals surface area contributed by atoms with E-state index in [-0.39, 0.29) is 0 Å². The molecular weight excluding hydrogens is 232 g/mol. The molecule has 1 aliphatic carbocycles. The Hall–Kier alpha value is -0.0800. The Morgan fingerprint density at radius 3 is 2.26 bits per heavy atom. The van der Waals surface area contributed by atoms with Gasteiger partial charge in [0.1, 0.15) is 0 Å². The highest BCUT2D eigenvalue weighted by Gasteiger charge is 2.43. The molecule has 0 radical (unpaired) electrons. The van der Waals surface area contributed by atoms with Crippen LogP contribution in [0.15, 0.2) is 0 Å². The molecule has 4 atom stereocenters. The molecule has 1 aliphatic heterocycles. The Morgan fingerprint density at radius 1 is 1.11 bits per heavy atom. The standard InChI is InChI=1S/C17H34N2/c1-6-15-11-18-17(7-2,8-3)12-19(15)16-10-9-13(4)14(16)5/h13-16,18H,6-12H2,1-5H3. The summed E-state index contributed by atoms with van der Waals surface area (Å²) in [5, 5.41) is 3.87. The minimum Gasteiger partial charge on any atom is -0.308 e. The largest absolute Gasteiger partial charge is 0.308 e. The van der Waals surface area contributed by atoms with Crippen molar-refractivity contribution in [2.45, 2.75) is 84.3 Å². The average Bonchev–Trinajstić information content (AvgIpc) is 2.78. The van der Waals surface area contributed by atoms with Crippen LogP contribution in [0.2, 0.25) is 0 Å². The number of nitrogens with zero attached hydrogens (tertiary/aromatic N) is 1. The van der Waals surface area contributed by atoms with E-state index in [1.54, 1.807) is 0 Å². The first-order valence-electron chi connectivity index (χ1n) is 8.57. The summed E-state index contributed by atoms with van der Waals surface area (Å²) >= 11 is 0. The SMILES string of the molecule is CCC1CNC(CC)(CC)CN1C1CCC(C)C1C. The summed E-state index contributed by atoms with van der Waals surface area (Å²) in [6.45, 7) is 14.4. The van der Waals surface area contributed by atoms with Gasteiger partial charge in [-0.15, -0.1) is 0 Å². The van der Waals surface area contributed by atoms with Gasteiger partial charge in [0.05, 0.1) is 0 Å². The zero-order valence-electron chi connectivity index (χ0n) is 13.7. The van der Waals surface area contributed by atoms with Crippen molar-refractivity contribution in [3.8, 4) is 0 Å². The van der Waals surface area contributed by atoms with E-state index in [4.69, 9.17) is 0 Å². The number of piperazine rings is 1. The molecule has 112 valence electrons. The number of hydrogen-bond donors (Lipinski definition) is 1. The lowest BCUT2D eigenvalue weighted by atomic mass is 9.85. The van der Waals surface area contributed by atoms with E-state index in [0.29, 0.717) is 5.54 Å². The van der Waals surface area contributed by atoms with Crippen LogP contribution < -0.4 is 5.32 Å². The molecule has 2 rings (SSSR count). The van der Waals surface area contributed by atoms with E-state index in [9.17, 15) is 0 Å². The summed E-state index contributed by atoms with van der Waals surface area (Å²) in [4.78, 5) is 2.89. The van der Waals surface area contributed by atoms with Gasteiger partial charge in [0.25, 0.3) is 0 Å². The van der Waals surface area contributed by atoms with Gasteiger partial charge in [0.2, 0.25) is 0 Å². The van der Waals surface area contributed by atoms with Crippen LogP contribution in [0.25, 0.3) is 0 Å². The highest BCUT2D eigenvalue weighted by Crippen LogP contribution is 2.38. The molecule has 2 nitrogen and oxygen atoms in total. The first-order valence-corrected chi connectivity index (χ1v) is 8.57. The van der Waals surface area contributed by atoms with E-state index >= 15 is 0 Å². The Kier molecular flexibility index (Phi) is 4.94. The Labute approximate surface area is 120 Å². The van der Waals surface area contributed by atoms with Gasteiger partial charge < -0.3 is 5.32 Å². The van der Waals surface area contributed by atoms with Crippen molar-refractivity contribution in [1.82, 2.24) is 10.2 Å². The molecule has 2 fully saturated rings. The summed E-state index contributed by atoms with van der Waals surface area (Å²) in [5.74, 6) is 1.79. The topological polar surface area (TPSA) is 15.3 Å². The Balaban J connectivity index is 2.14. The molecule has 1 saturated heterocycles. The first-order chi connectivity index (χ1) is 9.06. The van der Waals surface area contributed by atoms with Gasteiger partial charge in [0, 0.05) is 30.7 Å². The molecule has 1 N–H and O–H groups in total. The van der Waals surface area contributed by atoms with Crippen LogP contribution in [0.1, 0.15) is 66.7 Å². The fraction of sp³-hybridized carbons (Fsp3) is 1.00. The average molecular weight is 266 g/mol. The number of hydrogen-bond acceptors (Lipinski definition) is 2. The van der Waals surface area contributed by atoms with Crippen LogP contribution in [0, 0.1) is 11.8 Å². The van der Waals surface area contributed by atoms with Crippen molar-refractivity contribution in [3.05, 3.63) is 0 Å². The lowest BCUT2D eigenvalue weighted by Gasteiger charge is -2.50. The second-order valence-electron chi connectivity index (χ2n) is 7.08. The van der Waals surface area contributed by atoms with E-state index in [2.05, 4.69) is 44.8 Å². The van der Waals surface area contributed by atoms with Crippen LogP contribution in [0.5, 0.6) is 0 Å². The van der Waals surface area contributed by atoms with Crippen molar-refractivity contribution in [1.29, 1.82) is 0 Å². The predicted molar refractivity (Wildman–Crippen MR) is 83.5 cm³/mol. The van der Waals surface area contributed by atoms with Crippen molar-refractivity contribution >= 4 is 0 Å². The molecule has 19 heavy (non-hydrogen) atoms. The highest BCUT2D eigenvalue weighted by atomic mass is 15.3. The van der Waals surface area contributed by atoms with E-state index in [1.807, 2.05) is 0 Å². The van der Waals surface area contributed by atoms with E-state index in [0.717, 1.165) is 23.9 Å². The Bertz CT molecular complexity index is 285. The summed E-state index contributed by atoms with van der Waals surface area (Å²) in [6, 6.07) is 1.59. The summed E-state index contributed by atoms with van der Waals surface area (Å²) in [5.41, 5.74) is 0.372. The predicted octanol–water partition coefficient (Wildman–Crippen LogP) is 3.66.